The number of hydrogen-bond acceptors (Lipinski definition) is 5. The highest BCUT2D eigenvalue weighted by atomic mass is 16.5. The minimum Gasteiger partial charge on any atom is -0.457 e. The second kappa shape index (κ2) is 10.4. The van der Waals surface area contributed by atoms with Gasteiger partial charge in [-0.1, -0.05) is 48.0 Å². The van der Waals surface area contributed by atoms with Crippen LogP contribution in [0.2, 0.25) is 0 Å². The van der Waals surface area contributed by atoms with E-state index in [4.69, 9.17) is 4.74 Å². The number of ether oxygens (including phenoxy) is 1. The second-order valence-corrected chi connectivity index (χ2v) is 8.85. The van der Waals surface area contributed by atoms with Crippen molar-refractivity contribution in [2.45, 2.75) is 19.8 Å². The molecule has 1 N–H and O–H groups in total. The van der Waals surface area contributed by atoms with Crippen LogP contribution in [0.1, 0.15) is 18.4 Å². The molecule has 1 aromatic heterocycles. The van der Waals surface area contributed by atoms with Crippen molar-refractivity contribution in [2.75, 3.05) is 23.3 Å². The van der Waals surface area contributed by atoms with Crippen LogP contribution in [-0.4, -0.2) is 29.0 Å². The monoisotopic (exact) mass is 464 g/mol. The lowest BCUT2D eigenvalue weighted by atomic mass is 9.97. The van der Waals surface area contributed by atoms with Crippen molar-refractivity contribution < 1.29 is 9.53 Å². The third-order valence-electron chi connectivity index (χ3n) is 6.20. The van der Waals surface area contributed by atoms with Crippen LogP contribution in [0.3, 0.4) is 0 Å². The maximum atomic E-state index is 13.0. The van der Waals surface area contributed by atoms with Crippen LogP contribution in [-0.2, 0) is 4.79 Å². The van der Waals surface area contributed by atoms with Crippen molar-refractivity contribution in [3.63, 3.8) is 0 Å². The van der Waals surface area contributed by atoms with Gasteiger partial charge in [0.25, 0.3) is 0 Å². The lowest BCUT2D eigenvalue weighted by Crippen LogP contribution is -2.41. The van der Waals surface area contributed by atoms with E-state index in [0.29, 0.717) is 12.5 Å². The Hall–Kier alpha value is -4.19. The number of carbonyl (C=O) groups is 1. The maximum absolute atomic E-state index is 13.0. The number of amides is 1. The third kappa shape index (κ3) is 5.66. The van der Waals surface area contributed by atoms with Gasteiger partial charge < -0.3 is 15.0 Å². The fourth-order valence-electron chi connectivity index (χ4n) is 4.23. The number of aryl methyl sites for hydroxylation is 1. The van der Waals surface area contributed by atoms with E-state index in [2.05, 4.69) is 51.4 Å². The largest absolute Gasteiger partial charge is 0.457 e. The molecule has 0 aliphatic carbocycles. The van der Waals surface area contributed by atoms with Gasteiger partial charge in [-0.05, 0) is 61.7 Å². The lowest BCUT2D eigenvalue weighted by molar-refractivity contribution is -0.120. The fourth-order valence-corrected chi connectivity index (χ4v) is 4.23. The highest BCUT2D eigenvalue weighted by molar-refractivity contribution is 5.93. The molecule has 1 fully saturated rings. The Labute approximate surface area is 205 Å². The zero-order chi connectivity index (χ0) is 24.0. The quantitative estimate of drug-likeness (QED) is 0.373. The third-order valence-corrected chi connectivity index (χ3v) is 6.20. The van der Waals surface area contributed by atoms with Crippen molar-refractivity contribution in [3.05, 3.63) is 96.8 Å². The number of hydrogen-bond donors (Lipinski definition) is 1. The Balaban J connectivity index is 1.18. The fraction of sp³-hybridized carbons (Fsp3) is 0.207. The molecule has 0 saturated carbocycles. The normalized spacial score (nSPS) is 15.5. The first-order valence-corrected chi connectivity index (χ1v) is 11.9. The number of anilines is 2. The van der Waals surface area contributed by atoms with Gasteiger partial charge in [0.15, 0.2) is 0 Å². The van der Waals surface area contributed by atoms with Crippen molar-refractivity contribution in [2.24, 2.45) is 5.92 Å². The molecule has 6 heteroatoms. The number of rotatable bonds is 6. The first kappa shape index (κ1) is 22.6. The average Bonchev–Trinajstić information content (AvgIpc) is 2.91. The van der Waals surface area contributed by atoms with E-state index in [9.17, 15) is 4.79 Å². The number of benzene rings is 3. The summed E-state index contributed by atoms with van der Waals surface area (Å²) >= 11 is 0. The van der Waals surface area contributed by atoms with E-state index in [1.165, 1.54) is 5.56 Å². The number of piperidine rings is 1. The van der Waals surface area contributed by atoms with Crippen molar-refractivity contribution in [1.82, 2.24) is 9.97 Å². The number of nitrogens with one attached hydrogen (secondary N) is 1. The van der Waals surface area contributed by atoms with Crippen molar-refractivity contribution in [3.8, 4) is 22.6 Å². The maximum Gasteiger partial charge on any atom is 0.229 e. The smallest absolute Gasteiger partial charge is 0.229 e. The molecule has 2 heterocycles. The van der Waals surface area contributed by atoms with Gasteiger partial charge in [-0.2, -0.15) is 0 Å². The topological polar surface area (TPSA) is 67.4 Å². The Morgan fingerprint density at radius 1 is 0.886 bits per heavy atom. The summed E-state index contributed by atoms with van der Waals surface area (Å²) in [7, 11) is 0. The molecule has 35 heavy (non-hydrogen) atoms. The van der Waals surface area contributed by atoms with Gasteiger partial charge >= 0.3 is 0 Å². The molecule has 4 aromatic rings. The molecule has 0 spiro atoms. The molecule has 1 atom stereocenters. The van der Waals surface area contributed by atoms with Crippen LogP contribution in [0.4, 0.5) is 11.6 Å². The van der Waals surface area contributed by atoms with Gasteiger partial charge in [0.2, 0.25) is 11.9 Å². The SMILES string of the molecule is Cc1ccc(-c2cnc(N3CCC[C@H](C(=O)Nc4ccc(Oc5ccccc5)cc4)C3)nc2)cc1. The standard InChI is InChI=1S/C29H28N4O2/c1-21-9-11-22(12-10-21)24-18-30-29(31-19-24)33-17-5-6-23(20-33)28(34)32-25-13-15-27(16-14-25)35-26-7-3-2-4-8-26/h2-4,7-16,18-19,23H,5-6,17,20H2,1H3,(H,32,34)/t23-/m0/s1. The molecule has 0 radical (unpaired) electrons. The zero-order valence-corrected chi connectivity index (χ0v) is 19.7. The van der Waals surface area contributed by atoms with E-state index in [0.717, 1.165) is 47.7 Å². The number of carbonyl (C=O) groups excluding carboxylic acids is 1. The minimum atomic E-state index is -0.121. The summed E-state index contributed by atoms with van der Waals surface area (Å²) in [6, 6.07) is 25.4. The van der Waals surface area contributed by atoms with Crippen LogP contribution in [0.15, 0.2) is 91.3 Å². The molecule has 0 unspecified atom stereocenters. The molecule has 0 bridgehead atoms. The van der Waals surface area contributed by atoms with E-state index in [-0.39, 0.29) is 11.8 Å². The Bertz CT molecular complexity index is 1260. The Kier molecular flexibility index (Phi) is 6.70. The molecular weight excluding hydrogens is 436 g/mol. The molecule has 176 valence electrons. The molecule has 6 nitrogen and oxygen atoms in total. The first-order chi connectivity index (χ1) is 17.1. The predicted molar refractivity (Wildman–Crippen MR) is 139 cm³/mol. The number of aromatic nitrogens is 2. The zero-order valence-electron chi connectivity index (χ0n) is 19.7. The summed E-state index contributed by atoms with van der Waals surface area (Å²) < 4.78 is 5.83. The Morgan fingerprint density at radius 3 is 2.29 bits per heavy atom. The van der Waals surface area contributed by atoms with Gasteiger partial charge in [-0.25, -0.2) is 9.97 Å². The summed E-state index contributed by atoms with van der Waals surface area (Å²) in [5.41, 5.74) is 4.06. The lowest BCUT2D eigenvalue weighted by Gasteiger charge is -2.32. The van der Waals surface area contributed by atoms with Gasteiger partial charge in [0.1, 0.15) is 11.5 Å². The summed E-state index contributed by atoms with van der Waals surface area (Å²) in [5.74, 6) is 2.07. The van der Waals surface area contributed by atoms with Crippen LogP contribution in [0.5, 0.6) is 11.5 Å². The summed E-state index contributed by atoms with van der Waals surface area (Å²) in [6.07, 6.45) is 5.48. The highest BCUT2D eigenvalue weighted by Gasteiger charge is 2.27. The summed E-state index contributed by atoms with van der Waals surface area (Å²) in [4.78, 5) is 24.3. The van der Waals surface area contributed by atoms with Crippen molar-refractivity contribution >= 4 is 17.5 Å². The van der Waals surface area contributed by atoms with Gasteiger partial charge in [0.05, 0.1) is 5.92 Å². The summed E-state index contributed by atoms with van der Waals surface area (Å²) in [6.45, 7) is 3.52. The molecule has 1 aliphatic heterocycles. The van der Waals surface area contributed by atoms with E-state index < -0.39 is 0 Å². The van der Waals surface area contributed by atoms with Gasteiger partial charge in [0, 0.05) is 36.7 Å². The minimum absolute atomic E-state index is 0.0164. The Morgan fingerprint density at radius 2 is 1.57 bits per heavy atom. The highest BCUT2D eigenvalue weighted by Crippen LogP contribution is 2.26. The van der Waals surface area contributed by atoms with Crippen LogP contribution >= 0.6 is 0 Å². The number of para-hydroxylation sites is 1. The van der Waals surface area contributed by atoms with E-state index >= 15 is 0 Å². The van der Waals surface area contributed by atoms with Crippen LogP contribution in [0, 0.1) is 12.8 Å². The summed E-state index contributed by atoms with van der Waals surface area (Å²) in [5, 5.41) is 3.05. The first-order valence-electron chi connectivity index (χ1n) is 11.9. The molecule has 5 rings (SSSR count). The molecule has 1 aliphatic rings. The number of nitrogens with zero attached hydrogens (tertiary/aromatic N) is 3. The predicted octanol–water partition coefficient (Wildman–Crippen LogP) is 6.10. The van der Waals surface area contributed by atoms with Crippen molar-refractivity contribution in [1.29, 1.82) is 0 Å². The van der Waals surface area contributed by atoms with E-state index in [1.807, 2.05) is 67.0 Å². The second-order valence-electron chi connectivity index (χ2n) is 8.85. The molecule has 3 aromatic carbocycles. The average molecular weight is 465 g/mol. The van der Waals surface area contributed by atoms with Crippen LogP contribution in [0.25, 0.3) is 11.1 Å². The molecular formula is C29H28N4O2. The van der Waals surface area contributed by atoms with Gasteiger partial charge in [-0.3, -0.25) is 4.79 Å². The van der Waals surface area contributed by atoms with Gasteiger partial charge in [-0.15, -0.1) is 0 Å². The van der Waals surface area contributed by atoms with E-state index in [1.54, 1.807) is 0 Å². The van der Waals surface area contributed by atoms with Crippen LogP contribution < -0.4 is 15.0 Å². The molecule has 1 amide bonds. The molecule has 1 saturated heterocycles.